The highest BCUT2D eigenvalue weighted by Crippen LogP contribution is 2.65. The van der Waals surface area contributed by atoms with Crippen LogP contribution in [0.15, 0.2) is 194 Å². The fraction of sp³-hybridized carbons (Fsp3) is 0.0182. The van der Waals surface area contributed by atoms with E-state index in [4.69, 9.17) is 0 Å². The molecule has 13 rings (SSSR count). The van der Waals surface area contributed by atoms with Crippen molar-refractivity contribution in [2.45, 2.75) is 5.41 Å². The fourth-order valence-electron chi connectivity index (χ4n) is 10.8. The molecule has 0 N–H and O–H groups in total. The molecule has 0 aromatic heterocycles. The maximum absolute atomic E-state index is 2.55. The Bertz CT molecular complexity index is 3370. The molecular formula is C55H32. The van der Waals surface area contributed by atoms with E-state index in [9.17, 15) is 0 Å². The summed E-state index contributed by atoms with van der Waals surface area (Å²) in [6.45, 7) is 0. The molecule has 11 aromatic rings. The Morgan fingerprint density at radius 3 is 1.62 bits per heavy atom. The van der Waals surface area contributed by atoms with Crippen LogP contribution in [-0.2, 0) is 5.41 Å². The molecule has 2 aliphatic rings. The second-order valence-electron chi connectivity index (χ2n) is 15.5. The molecule has 11 aromatic carbocycles. The monoisotopic (exact) mass is 692 g/mol. The molecule has 0 heteroatoms. The third-order valence-electron chi connectivity index (χ3n) is 13.0. The van der Waals surface area contributed by atoms with Gasteiger partial charge in [-0.3, -0.25) is 0 Å². The van der Waals surface area contributed by atoms with E-state index >= 15 is 0 Å². The van der Waals surface area contributed by atoms with Crippen LogP contribution in [-0.4, -0.2) is 0 Å². The number of hydrogen-bond donors (Lipinski definition) is 0. The SMILES string of the molecule is c1ccc2c(c1)-c1ccccc1C21c2cc(-c3ccc4ccc5cccc6ccc3c4c56)ccc2-c2c1cc1ccccc1c2-c1cccc2ccccc12. The van der Waals surface area contributed by atoms with Crippen molar-refractivity contribution in [3.05, 3.63) is 216 Å². The largest absolute Gasteiger partial charge is 0.0726 e. The first-order chi connectivity index (χ1) is 27.3. The predicted molar refractivity (Wildman–Crippen MR) is 232 cm³/mol. The molecule has 0 nitrogen and oxygen atoms in total. The highest BCUT2D eigenvalue weighted by atomic mass is 14.5. The molecule has 0 amide bonds. The Hall–Kier alpha value is -7.02. The van der Waals surface area contributed by atoms with Gasteiger partial charge >= 0.3 is 0 Å². The van der Waals surface area contributed by atoms with E-state index in [1.54, 1.807) is 0 Å². The minimum absolute atomic E-state index is 0.485. The molecule has 0 fully saturated rings. The molecule has 0 heterocycles. The zero-order chi connectivity index (χ0) is 35.8. The second-order valence-corrected chi connectivity index (χ2v) is 15.5. The average molecular weight is 693 g/mol. The van der Waals surface area contributed by atoms with Gasteiger partial charge in [0.05, 0.1) is 5.41 Å². The Morgan fingerprint density at radius 1 is 0.255 bits per heavy atom. The maximum Gasteiger partial charge on any atom is 0.0726 e. The number of rotatable bonds is 2. The van der Waals surface area contributed by atoms with E-state index in [2.05, 4.69) is 194 Å². The van der Waals surface area contributed by atoms with Gasteiger partial charge in [-0.2, -0.15) is 0 Å². The van der Waals surface area contributed by atoms with Crippen LogP contribution in [0.3, 0.4) is 0 Å². The van der Waals surface area contributed by atoms with Gasteiger partial charge in [0.15, 0.2) is 0 Å². The summed E-state index contributed by atoms with van der Waals surface area (Å²) in [6, 6.07) is 73.5. The van der Waals surface area contributed by atoms with Gasteiger partial charge in [0, 0.05) is 0 Å². The third kappa shape index (κ3) is 3.67. The zero-order valence-electron chi connectivity index (χ0n) is 30.0. The minimum Gasteiger partial charge on any atom is -0.0619 e. The molecule has 2 aliphatic carbocycles. The molecule has 0 unspecified atom stereocenters. The van der Waals surface area contributed by atoms with Gasteiger partial charge in [0.2, 0.25) is 0 Å². The van der Waals surface area contributed by atoms with Gasteiger partial charge in [0.1, 0.15) is 0 Å². The van der Waals surface area contributed by atoms with Gasteiger partial charge in [0.25, 0.3) is 0 Å². The number of hydrogen-bond acceptors (Lipinski definition) is 0. The first-order valence-corrected chi connectivity index (χ1v) is 19.3. The van der Waals surface area contributed by atoms with E-state index in [-0.39, 0.29) is 0 Å². The topological polar surface area (TPSA) is 0 Å². The molecule has 55 heavy (non-hydrogen) atoms. The third-order valence-corrected chi connectivity index (χ3v) is 13.0. The molecule has 252 valence electrons. The summed E-state index contributed by atoms with van der Waals surface area (Å²) >= 11 is 0. The molecule has 0 bridgehead atoms. The quantitative estimate of drug-likeness (QED) is 0.158. The molecule has 1 spiro atoms. The molecule has 0 saturated heterocycles. The van der Waals surface area contributed by atoms with E-state index in [0.717, 1.165) is 0 Å². The van der Waals surface area contributed by atoms with Crippen molar-refractivity contribution in [1.82, 2.24) is 0 Å². The van der Waals surface area contributed by atoms with Crippen LogP contribution in [0.5, 0.6) is 0 Å². The normalized spacial score (nSPS) is 13.6. The average Bonchev–Trinajstić information content (AvgIpc) is 3.71. The van der Waals surface area contributed by atoms with Crippen molar-refractivity contribution in [1.29, 1.82) is 0 Å². The van der Waals surface area contributed by atoms with Crippen molar-refractivity contribution in [3.63, 3.8) is 0 Å². The van der Waals surface area contributed by atoms with Gasteiger partial charge in [-0.05, 0) is 133 Å². The van der Waals surface area contributed by atoms with Crippen LogP contribution in [0.1, 0.15) is 22.3 Å². The summed E-state index contributed by atoms with van der Waals surface area (Å²) in [5.74, 6) is 0. The summed E-state index contributed by atoms with van der Waals surface area (Å²) in [6.07, 6.45) is 0. The first-order valence-electron chi connectivity index (χ1n) is 19.3. The lowest BCUT2D eigenvalue weighted by Crippen LogP contribution is -2.26. The van der Waals surface area contributed by atoms with Crippen LogP contribution in [0, 0.1) is 0 Å². The zero-order valence-corrected chi connectivity index (χ0v) is 30.0. The standard InChI is InChI=1S/C55H32/c1-3-16-39-33(11-1)13-10-20-44(39)53-41-17-4-2-12-37(41)32-50-54(53)46-30-27-38(31-49(46)55(50)47-21-7-5-18-42(47)43-19-6-8-22-48(43)55)40-28-25-36-24-23-34-14-9-15-35-26-29-45(40)52(36)51(34)35/h1-32H. The van der Waals surface area contributed by atoms with Crippen molar-refractivity contribution in [2.75, 3.05) is 0 Å². The lowest BCUT2D eigenvalue weighted by atomic mass is 9.69. The Morgan fingerprint density at radius 2 is 0.818 bits per heavy atom. The Kier molecular flexibility index (Phi) is 5.65. The summed E-state index contributed by atoms with van der Waals surface area (Å²) in [4.78, 5) is 0. The van der Waals surface area contributed by atoms with E-state index in [1.807, 2.05) is 0 Å². The highest BCUT2D eigenvalue weighted by Gasteiger charge is 2.52. The van der Waals surface area contributed by atoms with Crippen molar-refractivity contribution < 1.29 is 0 Å². The number of fused-ring (bicyclic) bond motifs is 12. The van der Waals surface area contributed by atoms with Crippen molar-refractivity contribution >= 4 is 53.9 Å². The lowest BCUT2D eigenvalue weighted by Gasteiger charge is -2.31. The fourth-order valence-corrected chi connectivity index (χ4v) is 10.8. The molecule has 0 aliphatic heterocycles. The van der Waals surface area contributed by atoms with Gasteiger partial charge in [-0.15, -0.1) is 0 Å². The van der Waals surface area contributed by atoms with Crippen molar-refractivity contribution in [3.8, 4) is 44.5 Å². The second kappa shape index (κ2) is 10.6. The van der Waals surface area contributed by atoms with Gasteiger partial charge in [-0.25, -0.2) is 0 Å². The smallest absolute Gasteiger partial charge is 0.0619 e. The summed E-state index contributed by atoms with van der Waals surface area (Å²) < 4.78 is 0. The molecule has 0 saturated carbocycles. The molecule has 0 radical (unpaired) electrons. The summed E-state index contributed by atoms with van der Waals surface area (Å²) in [5, 5.41) is 13.0. The van der Waals surface area contributed by atoms with E-state index < -0.39 is 5.41 Å². The summed E-state index contributed by atoms with van der Waals surface area (Å²) in [5.41, 5.74) is 15.4. The van der Waals surface area contributed by atoms with Gasteiger partial charge < -0.3 is 0 Å². The maximum atomic E-state index is 2.55. The van der Waals surface area contributed by atoms with Crippen LogP contribution in [0.4, 0.5) is 0 Å². The minimum atomic E-state index is -0.485. The Labute approximate surface area is 318 Å². The van der Waals surface area contributed by atoms with E-state index in [0.29, 0.717) is 0 Å². The Balaban J connectivity index is 1.20. The first kappa shape index (κ1) is 29.4. The predicted octanol–water partition coefficient (Wildman–Crippen LogP) is 14.6. The van der Waals surface area contributed by atoms with Crippen molar-refractivity contribution in [2.24, 2.45) is 0 Å². The summed E-state index contributed by atoms with van der Waals surface area (Å²) in [7, 11) is 0. The van der Waals surface area contributed by atoms with Crippen LogP contribution in [0.25, 0.3) is 98.4 Å². The van der Waals surface area contributed by atoms with Crippen LogP contribution >= 0.6 is 0 Å². The molecule has 0 atom stereocenters. The number of benzene rings is 11. The van der Waals surface area contributed by atoms with Crippen LogP contribution < -0.4 is 0 Å². The van der Waals surface area contributed by atoms with E-state index in [1.165, 1.54) is 121 Å². The molecular weight excluding hydrogens is 661 g/mol. The lowest BCUT2D eigenvalue weighted by molar-refractivity contribution is 0.795. The van der Waals surface area contributed by atoms with Crippen LogP contribution in [0.2, 0.25) is 0 Å². The van der Waals surface area contributed by atoms with Gasteiger partial charge in [-0.1, -0.05) is 182 Å². The highest BCUT2D eigenvalue weighted by molar-refractivity contribution is 6.25.